The Labute approximate surface area is 320 Å². The zero-order valence-corrected chi connectivity index (χ0v) is 30.9. The zero-order valence-electron chi connectivity index (χ0n) is 29.0. The van der Waals surface area contributed by atoms with E-state index in [1.807, 2.05) is 18.2 Å². The number of rotatable bonds is 5. The predicted molar refractivity (Wildman–Crippen MR) is 225 cm³/mol. The Balaban J connectivity index is 1.13. The summed E-state index contributed by atoms with van der Waals surface area (Å²) in [6.45, 7) is 0. The molecule has 2 aromatic heterocycles. The first-order chi connectivity index (χ1) is 26.7. The fraction of sp³-hybridized carbons (Fsp3) is 0. The molecule has 0 radical (unpaired) electrons. The standard InChI is InChI=1S/C49H30N4Se/c54-43-25-7-6-19-36(43)32-15-8-16-33(28-32)48-50-47(31-12-2-1-3-13-31)51-49(52-48)34-17-9-18-35(29-34)53-41-24-11-23-40-38-21-5-4-20-37(38)39-22-10-14-30-26-27-42(53)46(44(30)39)45(40)41/h1-29,54H. The molecule has 2 heterocycles. The molecule has 0 aliphatic heterocycles. The molecule has 0 spiro atoms. The van der Waals surface area contributed by atoms with E-state index in [1.165, 1.54) is 60.4 Å². The summed E-state index contributed by atoms with van der Waals surface area (Å²) in [5, 5.41) is 5.11. The Bertz CT molecular complexity index is 3130. The molecule has 54 heavy (non-hydrogen) atoms. The molecule has 4 nitrogen and oxygen atoms in total. The topological polar surface area (TPSA) is 43.6 Å². The molecule has 0 atom stereocenters. The van der Waals surface area contributed by atoms with Crippen molar-refractivity contribution in [1.29, 1.82) is 0 Å². The van der Waals surface area contributed by atoms with Crippen LogP contribution in [-0.2, 0) is 0 Å². The van der Waals surface area contributed by atoms with E-state index in [0.717, 1.165) is 32.4 Å². The van der Waals surface area contributed by atoms with Crippen LogP contribution in [-0.4, -0.2) is 35.5 Å². The van der Waals surface area contributed by atoms with Crippen LogP contribution in [0.25, 0.3) is 106 Å². The van der Waals surface area contributed by atoms with Gasteiger partial charge in [-0.3, -0.25) is 0 Å². The molecular weight excluding hydrogens is 724 g/mol. The molecule has 10 aromatic rings. The molecule has 5 heteroatoms. The molecule has 0 N–H and O–H groups in total. The van der Waals surface area contributed by atoms with Gasteiger partial charge in [-0.05, 0) is 45.2 Å². The number of hydrogen-bond acceptors (Lipinski definition) is 3. The Hall–Kier alpha value is -6.65. The van der Waals surface area contributed by atoms with Crippen molar-refractivity contribution in [3.05, 3.63) is 176 Å². The first kappa shape index (κ1) is 30.9. The van der Waals surface area contributed by atoms with E-state index < -0.39 is 0 Å². The van der Waals surface area contributed by atoms with Gasteiger partial charge < -0.3 is 0 Å². The van der Waals surface area contributed by atoms with E-state index >= 15 is 0 Å². The molecule has 8 aromatic carbocycles. The van der Waals surface area contributed by atoms with E-state index in [-0.39, 0.29) is 0 Å². The van der Waals surface area contributed by atoms with Gasteiger partial charge in [-0.25, -0.2) is 0 Å². The van der Waals surface area contributed by atoms with Crippen molar-refractivity contribution < 1.29 is 0 Å². The van der Waals surface area contributed by atoms with Gasteiger partial charge in [0.1, 0.15) is 0 Å². The second-order valence-electron chi connectivity index (χ2n) is 13.8. The molecule has 1 aliphatic carbocycles. The van der Waals surface area contributed by atoms with Gasteiger partial charge in [0.2, 0.25) is 0 Å². The van der Waals surface area contributed by atoms with E-state index in [0.29, 0.717) is 17.5 Å². The summed E-state index contributed by atoms with van der Waals surface area (Å²) < 4.78 is 3.57. The summed E-state index contributed by atoms with van der Waals surface area (Å²) in [5.41, 5.74) is 13.6. The van der Waals surface area contributed by atoms with Crippen LogP contribution < -0.4 is 4.46 Å². The number of fused-ring (bicyclic) bond motifs is 3. The molecule has 252 valence electrons. The van der Waals surface area contributed by atoms with E-state index in [1.54, 1.807) is 0 Å². The second kappa shape index (κ2) is 12.2. The molecule has 0 unspecified atom stereocenters. The van der Waals surface area contributed by atoms with Crippen molar-refractivity contribution in [1.82, 2.24) is 19.5 Å². The van der Waals surface area contributed by atoms with Crippen LogP contribution in [0.2, 0.25) is 0 Å². The third-order valence-corrected chi connectivity index (χ3v) is 11.5. The summed E-state index contributed by atoms with van der Waals surface area (Å²) >= 11 is 2.68. The van der Waals surface area contributed by atoms with Gasteiger partial charge in [-0.1, -0.05) is 60.7 Å². The Morgan fingerprint density at radius 1 is 0.352 bits per heavy atom. The number of aromatic nitrogens is 4. The Kier molecular flexibility index (Phi) is 6.99. The third kappa shape index (κ3) is 4.80. The third-order valence-electron chi connectivity index (χ3n) is 10.7. The maximum absolute atomic E-state index is 5.17. The SMILES string of the molecule is [SeH]c1ccccc1-c1cccc(-c2nc(-c3ccccc3)nc(-c3cccc(-n4c5cccc6c5c5c7c(cccc7ccc54)-c4ccccc4-6)c3)n2)c1. The molecule has 1 aliphatic rings. The molecule has 0 amide bonds. The normalized spacial score (nSPS) is 11.8. The van der Waals surface area contributed by atoms with Gasteiger partial charge >= 0.3 is 194 Å². The number of benzene rings is 8. The first-order valence-corrected chi connectivity index (χ1v) is 19.0. The second-order valence-corrected chi connectivity index (χ2v) is 14.8. The number of hydrogen-bond donors (Lipinski definition) is 0. The minimum atomic E-state index is 0.628. The van der Waals surface area contributed by atoms with Crippen LogP contribution >= 0.6 is 0 Å². The maximum atomic E-state index is 5.17. The van der Waals surface area contributed by atoms with Crippen molar-refractivity contribution in [3.63, 3.8) is 0 Å². The van der Waals surface area contributed by atoms with Crippen molar-refractivity contribution >= 4 is 53.1 Å². The van der Waals surface area contributed by atoms with Crippen LogP contribution in [0.5, 0.6) is 0 Å². The van der Waals surface area contributed by atoms with Gasteiger partial charge in [0.15, 0.2) is 0 Å². The fourth-order valence-corrected chi connectivity index (χ4v) is 8.89. The van der Waals surface area contributed by atoms with Gasteiger partial charge in [0.25, 0.3) is 0 Å². The number of nitrogens with zero attached hydrogens (tertiary/aromatic N) is 4. The quantitative estimate of drug-likeness (QED) is 0.164. The van der Waals surface area contributed by atoms with Gasteiger partial charge in [-0.15, -0.1) is 0 Å². The molecule has 0 bridgehead atoms. The van der Waals surface area contributed by atoms with Gasteiger partial charge in [0.05, 0.1) is 11.0 Å². The summed E-state index contributed by atoms with van der Waals surface area (Å²) in [6, 6.07) is 62.4. The van der Waals surface area contributed by atoms with Crippen LogP contribution in [0.1, 0.15) is 0 Å². The van der Waals surface area contributed by atoms with Crippen molar-refractivity contribution in [2.24, 2.45) is 0 Å². The first-order valence-electron chi connectivity index (χ1n) is 18.1. The summed E-state index contributed by atoms with van der Waals surface area (Å²) in [5.74, 6) is 1.90. The van der Waals surface area contributed by atoms with Crippen LogP contribution in [0, 0.1) is 0 Å². The van der Waals surface area contributed by atoms with Crippen LogP contribution in [0.15, 0.2) is 176 Å². The van der Waals surface area contributed by atoms with Crippen molar-refractivity contribution in [2.45, 2.75) is 0 Å². The molecule has 11 rings (SSSR count). The predicted octanol–water partition coefficient (Wildman–Crippen LogP) is 11.0. The van der Waals surface area contributed by atoms with Gasteiger partial charge in [0, 0.05) is 10.8 Å². The zero-order chi connectivity index (χ0) is 35.8. The van der Waals surface area contributed by atoms with Crippen molar-refractivity contribution in [3.8, 4) is 73.2 Å². The Morgan fingerprint density at radius 3 is 1.65 bits per heavy atom. The van der Waals surface area contributed by atoms with E-state index in [9.17, 15) is 0 Å². The molecule has 0 saturated heterocycles. The average Bonchev–Trinajstić information content (AvgIpc) is 3.52. The average molecular weight is 754 g/mol. The Morgan fingerprint density at radius 2 is 0.889 bits per heavy atom. The fourth-order valence-electron chi connectivity index (χ4n) is 8.28. The van der Waals surface area contributed by atoms with E-state index in [2.05, 4.69) is 178 Å². The summed E-state index contributed by atoms with van der Waals surface area (Å²) in [7, 11) is 0. The molecule has 0 fully saturated rings. The monoisotopic (exact) mass is 754 g/mol. The molecule has 0 saturated carbocycles. The summed E-state index contributed by atoms with van der Waals surface area (Å²) in [6.07, 6.45) is 0. The van der Waals surface area contributed by atoms with Crippen LogP contribution in [0.4, 0.5) is 0 Å². The summed E-state index contributed by atoms with van der Waals surface area (Å²) in [4.78, 5) is 15.3. The minimum absolute atomic E-state index is 0.628. The van der Waals surface area contributed by atoms with Gasteiger partial charge in [-0.2, -0.15) is 0 Å². The molecular formula is C49H30N4Se. The van der Waals surface area contributed by atoms with E-state index in [4.69, 9.17) is 15.0 Å². The van der Waals surface area contributed by atoms with Crippen molar-refractivity contribution in [2.75, 3.05) is 0 Å². The van der Waals surface area contributed by atoms with Crippen LogP contribution in [0.3, 0.4) is 0 Å².